The summed E-state index contributed by atoms with van der Waals surface area (Å²) in [5.74, 6) is 0. The molecule has 0 amide bonds. The maximum absolute atomic E-state index is 2.63. The molecule has 364 valence electrons. The summed E-state index contributed by atoms with van der Waals surface area (Å²) in [6, 6.07) is 49.7. The summed E-state index contributed by atoms with van der Waals surface area (Å²) in [5, 5.41) is 80.1. The van der Waals surface area contributed by atoms with Crippen LogP contribution in [0.1, 0.15) is 66.8 Å². The molecule has 28 aromatic rings. The van der Waals surface area contributed by atoms with Crippen molar-refractivity contribution in [2.45, 2.75) is 32.5 Å². The molecule has 0 saturated heterocycles. The van der Waals surface area contributed by atoms with E-state index in [4.69, 9.17) is 0 Å². The zero-order valence-electron chi connectivity index (χ0n) is 44.5. The van der Waals surface area contributed by atoms with Crippen molar-refractivity contribution in [3.8, 4) is 0 Å². The first-order valence-electron chi connectivity index (χ1n) is 32.1. The van der Waals surface area contributed by atoms with E-state index in [1.54, 1.807) is 303 Å². The van der Waals surface area contributed by atoms with Crippen LogP contribution in [0.3, 0.4) is 0 Å². The monoisotopic (exact) mass is 1050 g/mol. The van der Waals surface area contributed by atoms with E-state index in [1.165, 1.54) is 22.3 Å². The van der Waals surface area contributed by atoms with Crippen LogP contribution in [0.25, 0.3) is 259 Å². The molecule has 0 aromatic heterocycles. The van der Waals surface area contributed by atoms with Crippen LogP contribution in [0, 0.1) is 0 Å². The van der Waals surface area contributed by atoms with Gasteiger partial charge in [0.15, 0.2) is 0 Å². The second-order valence-electron chi connectivity index (χ2n) is 31.0. The van der Waals surface area contributed by atoms with Gasteiger partial charge in [-0.3, -0.25) is 0 Å². The highest BCUT2D eigenvalue weighted by Crippen LogP contribution is 3.01. The zero-order chi connectivity index (χ0) is 51.8. The first kappa shape index (κ1) is 33.8. The SMILES string of the molecule is c1ccc(C2(c3ccccc3)C34c5c6c7c8c9c%10c%11c%12c%13c%14c%15c%16c(c7c7c5c5c%17c%18c%19c(c%20c%21c3c6c9c3c%21c6c%20c9c%19c%19c%20c%18c%18c5c7c%16c5c%15c7c%13c%13c%15c%12c(c%103)c6c%15c9c%19c%13c7c%20c5%18)C%1724)C82C(c3ccccc3)(c3ccccc3)C%11%142)cc1. The van der Waals surface area contributed by atoms with Crippen LogP contribution < -0.4 is 0 Å². The third-order valence-corrected chi connectivity index (χ3v) is 31.1. The molecular weight excluding hydrogens is 1030 g/mol. The third-order valence-electron chi connectivity index (χ3n) is 31.1. The maximum Gasteiger partial charge on any atom is 0.0528 e. The summed E-state index contributed by atoms with van der Waals surface area (Å²) in [6.07, 6.45) is 0. The van der Waals surface area contributed by atoms with Crippen molar-refractivity contribution in [3.05, 3.63) is 188 Å². The van der Waals surface area contributed by atoms with Crippen LogP contribution in [0.2, 0.25) is 0 Å². The summed E-state index contributed by atoms with van der Waals surface area (Å²) < 4.78 is 0. The molecule has 0 bridgehead atoms. The summed E-state index contributed by atoms with van der Waals surface area (Å²) in [4.78, 5) is 0. The molecule has 38 rings (SSSR count). The molecule has 2 saturated carbocycles. The molecule has 0 N–H and O–H groups in total. The molecule has 4 atom stereocenters. The van der Waals surface area contributed by atoms with Crippen LogP contribution in [0.15, 0.2) is 121 Å². The van der Waals surface area contributed by atoms with Gasteiger partial charge in [-0.1, -0.05) is 121 Å². The van der Waals surface area contributed by atoms with Crippen LogP contribution in [-0.2, 0) is 32.5 Å². The Morgan fingerprint density at radius 1 is 0.105 bits per heavy atom. The second kappa shape index (κ2) is 7.94. The van der Waals surface area contributed by atoms with Crippen LogP contribution in [0.4, 0.5) is 0 Å². The molecule has 0 nitrogen and oxygen atoms in total. The Balaban J connectivity index is 1.04. The lowest BCUT2D eigenvalue weighted by Crippen LogP contribution is -2.27. The summed E-state index contributed by atoms with van der Waals surface area (Å²) in [5.41, 5.74) is 17.7. The van der Waals surface area contributed by atoms with E-state index < -0.39 is 21.7 Å². The third kappa shape index (κ3) is 1.80. The first-order chi connectivity index (χ1) is 42.9. The molecule has 4 spiro atoms. The average molecular weight is 1050 g/mol. The fourth-order valence-electron chi connectivity index (χ4n) is 31.4. The average Bonchev–Trinajstić information content (AvgIpc) is 1.35. The minimum Gasteiger partial charge on any atom is -0.0622 e. The van der Waals surface area contributed by atoms with Crippen molar-refractivity contribution in [2.75, 3.05) is 0 Å². The van der Waals surface area contributed by atoms with Crippen LogP contribution in [-0.4, -0.2) is 0 Å². The van der Waals surface area contributed by atoms with E-state index in [1.807, 2.05) is 0 Å². The smallest absolute Gasteiger partial charge is 0.0528 e. The Morgan fingerprint density at radius 3 is 0.349 bits per heavy atom. The van der Waals surface area contributed by atoms with Gasteiger partial charge in [-0.2, -0.15) is 0 Å². The highest BCUT2D eigenvalue weighted by atomic mass is 15.0. The van der Waals surface area contributed by atoms with Crippen molar-refractivity contribution in [1.29, 1.82) is 0 Å². The van der Waals surface area contributed by atoms with Gasteiger partial charge < -0.3 is 0 Å². The zero-order valence-corrected chi connectivity index (χ0v) is 44.5. The quantitative estimate of drug-likeness (QED) is 0.154. The Morgan fingerprint density at radius 2 is 0.209 bits per heavy atom. The van der Waals surface area contributed by atoms with E-state index in [0.29, 0.717) is 0 Å². The molecule has 2 fully saturated rings. The van der Waals surface area contributed by atoms with Gasteiger partial charge >= 0.3 is 0 Å². The van der Waals surface area contributed by atoms with Gasteiger partial charge in [0.1, 0.15) is 0 Å². The largest absolute Gasteiger partial charge is 0.0622 e. The Kier molecular flexibility index (Phi) is 3.12. The normalized spacial score (nSPS) is 25.6. The highest BCUT2D eigenvalue weighted by molar-refractivity contribution is 6.78. The molecule has 86 heavy (non-hydrogen) atoms. The molecule has 0 heterocycles. The topological polar surface area (TPSA) is 0 Å². The number of hydrogen-bond acceptors (Lipinski definition) is 0. The Bertz CT molecular complexity index is 8040. The molecule has 0 radical (unpaired) electrons. The predicted octanol–water partition coefficient (Wildman–Crippen LogP) is 20.9. The van der Waals surface area contributed by atoms with Crippen molar-refractivity contribution in [3.63, 3.8) is 0 Å². The van der Waals surface area contributed by atoms with Gasteiger partial charge in [-0.25, -0.2) is 0 Å². The number of rotatable bonds is 4. The lowest BCUT2D eigenvalue weighted by Gasteiger charge is -2.33. The van der Waals surface area contributed by atoms with E-state index in [9.17, 15) is 0 Å². The van der Waals surface area contributed by atoms with Crippen molar-refractivity contribution >= 4 is 259 Å². The summed E-state index contributed by atoms with van der Waals surface area (Å²) in [7, 11) is 0. The van der Waals surface area contributed by atoms with E-state index in [0.717, 1.165) is 0 Å². The van der Waals surface area contributed by atoms with Crippen molar-refractivity contribution in [1.82, 2.24) is 0 Å². The Hall–Kier alpha value is -10.4. The van der Waals surface area contributed by atoms with Crippen molar-refractivity contribution in [2.24, 2.45) is 0 Å². The van der Waals surface area contributed by atoms with E-state index >= 15 is 0 Å². The summed E-state index contributed by atoms with van der Waals surface area (Å²) >= 11 is 0. The van der Waals surface area contributed by atoms with E-state index in [-0.39, 0.29) is 10.8 Å². The standard InChI is InChI=1S/C86H20/c1-5-13-21(14-6-1)81(22-15-7-2-8-16-22)83-73-57-45-33-25-26-30-27-31-39-47(35(27)33)59(57)75(83)65-53(39)44-52-42(31)50-38(30)46-34(26)36-28-29(25)37(45)49-41-32(28)40-48(36)60-58(46)74-62(50)64(52)78-70-55(44)67(65)79-71-69-56-43(51(41)63(61(49)73)77(69)85(79,81)83)54(40)66-68(56)80(72(70)71)86(78)82(84(74,86)76(60)66,23-17-9-3-10-18-23)24-19-11-4-12-20-24/h1-20H. The predicted molar refractivity (Wildman–Crippen MR) is 354 cm³/mol. The van der Waals surface area contributed by atoms with Gasteiger partial charge in [-0.15, -0.1) is 0 Å². The molecule has 10 aliphatic rings. The van der Waals surface area contributed by atoms with E-state index in [2.05, 4.69) is 121 Å². The molecule has 0 heteroatoms. The molecular formula is C86H20. The molecule has 4 unspecified atom stereocenters. The summed E-state index contributed by atoms with van der Waals surface area (Å²) in [6.45, 7) is 0. The molecule has 0 aliphatic heterocycles. The molecule has 10 aliphatic carbocycles. The molecule has 28 aromatic carbocycles. The minimum absolute atomic E-state index is 0.386. The van der Waals surface area contributed by atoms with Crippen LogP contribution >= 0.6 is 0 Å². The lowest BCUT2D eigenvalue weighted by molar-refractivity contribution is 0.710. The van der Waals surface area contributed by atoms with Crippen molar-refractivity contribution < 1.29 is 0 Å². The van der Waals surface area contributed by atoms with Gasteiger partial charge in [-0.05, 0) is 325 Å². The maximum atomic E-state index is 2.63. The second-order valence-corrected chi connectivity index (χ2v) is 31.0. The fourth-order valence-corrected chi connectivity index (χ4v) is 31.4. The van der Waals surface area contributed by atoms with Crippen LogP contribution in [0.5, 0.6) is 0 Å². The minimum atomic E-state index is -0.429. The van der Waals surface area contributed by atoms with Gasteiger partial charge in [0.2, 0.25) is 0 Å². The highest BCUT2D eigenvalue weighted by Gasteiger charge is 2.98. The van der Waals surface area contributed by atoms with Gasteiger partial charge in [0.25, 0.3) is 0 Å². The van der Waals surface area contributed by atoms with Gasteiger partial charge in [0, 0.05) is 0 Å². The Labute approximate surface area is 476 Å². The fraction of sp³-hybridized carbons (Fsp3) is 0.0698. The lowest BCUT2D eigenvalue weighted by atomic mass is 9.67. The first-order valence-corrected chi connectivity index (χ1v) is 32.1. The number of hydrogen-bond donors (Lipinski definition) is 0. The van der Waals surface area contributed by atoms with Gasteiger partial charge in [0.05, 0.1) is 32.5 Å². The number of benzene rings is 20.